The van der Waals surface area contributed by atoms with Gasteiger partial charge in [0.15, 0.2) is 5.78 Å². The Bertz CT molecular complexity index is 1050. The van der Waals surface area contributed by atoms with Crippen molar-refractivity contribution in [1.82, 2.24) is 5.16 Å². The van der Waals surface area contributed by atoms with Crippen LogP contribution in [-0.2, 0) is 18.3 Å². The number of aromatic nitrogens is 1. The minimum Gasteiger partial charge on any atom is -0.478 e. The van der Waals surface area contributed by atoms with Crippen molar-refractivity contribution < 1.29 is 19.2 Å². The number of benzene rings is 1. The van der Waals surface area contributed by atoms with Crippen LogP contribution < -0.4 is 5.73 Å². The van der Waals surface area contributed by atoms with Gasteiger partial charge in [0.1, 0.15) is 10.8 Å². The zero-order valence-electron chi connectivity index (χ0n) is 15.4. The molecule has 0 saturated carbocycles. The van der Waals surface area contributed by atoms with E-state index in [2.05, 4.69) is 5.16 Å². The lowest BCUT2D eigenvalue weighted by molar-refractivity contribution is 0.0697. The van der Waals surface area contributed by atoms with Gasteiger partial charge >= 0.3 is 5.97 Å². The van der Waals surface area contributed by atoms with E-state index in [1.165, 1.54) is 0 Å². The molecule has 4 rings (SSSR count). The number of hydrogen-bond donors (Lipinski definition) is 2. The molecule has 6 nitrogen and oxygen atoms in total. The SMILES string of the molecule is Cc1cc(CCC2(c3ccccc3)CCc3c(sc(N)c3C(=O)O)C2=O)on1. The van der Waals surface area contributed by atoms with Crippen LogP contribution >= 0.6 is 11.3 Å². The first kappa shape index (κ1) is 18.4. The maximum Gasteiger partial charge on any atom is 0.338 e. The number of hydrogen-bond acceptors (Lipinski definition) is 6. The zero-order chi connectivity index (χ0) is 19.9. The molecule has 0 amide bonds. The Labute approximate surface area is 166 Å². The molecule has 28 heavy (non-hydrogen) atoms. The Morgan fingerprint density at radius 3 is 2.75 bits per heavy atom. The van der Waals surface area contributed by atoms with E-state index in [0.29, 0.717) is 36.1 Å². The van der Waals surface area contributed by atoms with Gasteiger partial charge in [-0.15, -0.1) is 11.3 Å². The van der Waals surface area contributed by atoms with Gasteiger partial charge in [-0.3, -0.25) is 4.79 Å². The van der Waals surface area contributed by atoms with E-state index in [0.717, 1.165) is 28.4 Å². The largest absolute Gasteiger partial charge is 0.478 e. The Kier molecular flexibility index (Phi) is 4.55. The minimum atomic E-state index is -1.08. The fraction of sp³-hybridized carbons (Fsp3) is 0.286. The van der Waals surface area contributed by atoms with E-state index in [9.17, 15) is 14.7 Å². The average molecular weight is 396 g/mol. The highest BCUT2D eigenvalue weighted by molar-refractivity contribution is 7.18. The highest BCUT2D eigenvalue weighted by Crippen LogP contribution is 2.46. The molecule has 0 spiro atoms. The van der Waals surface area contributed by atoms with Crippen molar-refractivity contribution in [3.05, 3.63) is 69.4 Å². The van der Waals surface area contributed by atoms with Gasteiger partial charge in [-0.2, -0.15) is 0 Å². The number of carboxylic acids is 1. The molecule has 1 aromatic carbocycles. The van der Waals surface area contributed by atoms with Gasteiger partial charge in [0.2, 0.25) is 0 Å². The second-order valence-corrected chi connectivity index (χ2v) is 8.22. The standard InChI is InChI=1S/C21H20N2O4S/c1-12-11-14(27-23-12)7-9-21(13-5-3-2-4-6-13)10-8-15-16(20(25)26)19(22)28-17(15)18(21)24/h2-6,11H,7-10,22H2,1H3,(H,25,26). The minimum absolute atomic E-state index is 0.0552. The van der Waals surface area contributed by atoms with Crippen molar-refractivity contribution in [3.63, 3.8) is 0 Å². The molecular formula is C21H20N2O4S. The van der Waals surface area contributed by atoms with Crippen molar-refractivity contribution in [2.75, 3.05) is 5.73 Å². The molecule has 0 bridgehead atoms. The molecule has 3 aromatic rings. The summed E-state index contributed by atoms with van der Waals surface area (Å²) in [5.74, 6) is -0.393. The first-order valence-corrected chi connectivity index (χ1v) is 9.91. The number of aryl methyl sites for hydroxylation is 2. The third-order valence-electron chi connectivity index (χ3n) is 5.49. The summed E-state index contributed by atoms with van der Waals surface area (Å²) in [6.07, 6.45) is 2.17. The van der Waals surface area contributed by atoms with Crippen molar-refractivity contribution in [3.8, 4) is 0 Å². The zero-order valence-corrected chi connectivity index (χ0v) is 16.2. The number of fused-ring (bicyclic) bond motifs is 1. The molecule has 3 N–H and O–H groups in total. The molecule has 1 aliphatic rings. The molecule has 1 aliphatic carbocycles. The lowest BCUT2D eigenvalue weighted by Crippen LogP contribution is -2.40. The number of nitrogen functional groups attached to an aromatic ring is 1. The fourth-order valence-corrected chi connectivity index (χ4v) is 5.24. The van der Waals surface area contributed by atoms with E-state index in [4.69, 9.17) is 10.3 Å². The molecule has 0 aliphatic heterocycles. The van der Waals surface area contributed by atoms with Gasteiger partial charge in [-0.25, -0.2) is 4.79 Å². The van der Waals surface area contributed by atoms with Gasteiger partial charge in [0, 0.05) is 12.5 Å². The van der Waals surface area contributed by atoms with E-state index in [1.807, 2.05) is 43.3 Å². The van der Waals surface area contributed by atoms with Crippen LogP contribution in [0, 0.1) is 6.92 Å². The maximum atomic E-state index is 13.7. The van der Waals surface area contributed by atoms with Gasteiger partial charge in [0.25, 0.3) is 0 Å². The van der Waals surface area contributed by atoms with Gasteiger partial charge in [-0.1, -0.05) is 35.5 Å². The maximum absolute atomic E-state index is 13.7. The lowest BCUT2D eigenvalue weighted by Gasteiger charge is -2.36. The Balaban J connectivity index is 1.77. The molecule has 2 heterocycles. The first-order valence-electron chi connectivity index (χ1n) is 9.09. The Hall–Kier alpha value is -2.93. The number of aromatic carboxylic acids is 1. The molecule has 144 valence electrons. The fourth-order valence-electron chi connectivity index (χ4n) is 4.10. The number of carbonyl (C=O) groups excluding carboxylic acids is 1. The molecule has 7 heteroatoms. The van der Waals surface area contributed by atoms with Gasteiger partial charge in [0.05, 0.1) is 21.5 Å². The van der Waals surface area contributed by atoms with Gasteiger partial charge in [-0.05, 0) is 37.3 Å². The number of rotatable bonds is 5. The number of nitrogens with two attached hydrogens (primary N) is 1. The summed E-state index contributed by atoms with van der Waals surface area (Å²) in [5, 5.41) is 13.6. The number of Topliss-reactive ketones (excluding diaryl/α,β-unsaturated/α-hetero) is 1. The number of anilines is 1. The number of carboxylic acid groups (broad SMARTS) is 1. The summed E-state index contributed by atoms with van der Waals surface area (Å²) in [6, 6.07) is 11.6. The summed E-state index contributed by atoms with van der Waals surface area (Å²) in [6.45, 7) is 1.86. The van der Waals surface area contributed by atoms with E-state index >= 15 is 0 Å². The second kappa shape index (κ2) is 6.91. The predicted molar refractivity (Wildman–Crippen MR) is 106 cm³/mol. The van der Waals surface area contributed by atoms with Crippen LogP contribution in [0.2, 0.25) is 0 Å². The van der Waals surface area contributed by atoms with Crippen molar-refractivity contribution in [1.29, 1.82) is 0 Å². The summed E-state index contributed by atoms with van der Waals surface area (Å²) < 4.78 is 5.34. The third-order valence-corrected chi connectivity index (χ3v) is 6.55. The lowest BCUT2D eigenvalue weighted by atomic mass is 9.65. The third kappa shape index (κ3) is 2.92. The van der Waals surface area contributed by atoms with Gasteiger partial charge < -0.3 is 15.4 Å². The number of nitrogens with zero attached hydrogens (tertiary/aromatic N) is 1. The summed E-state index contributed by atoms with van der Waals surface area (Å²) >= 11 is 1.09. The number of ketones is 1. The molecule has 0 radical (unpaired) electrons. The molecule has 1 unspecified atom stereocenters. The van der Waals surface area contributed by atoms with Crippen molar-refractivity contribution in [2.24, 2.45) is 0 Å². The molecule has 0 fully saturated rings. The van der Waals surface area contributed by atoms with Crippen molar-refractivity contribution in [2.45, 2.75) is 38.0 Å². The van der Waals surface area contributed by atoms with Crippen LogP contribution in [0.5, 0.6) is 0 Å². The van der Waals surface area contributed by atoms with Crippen LogP contribution in [0.4, 0.5) is 5.00 Å². The van der Waals surface area contributed by atoms with Crippen LogP contribution in [0.3, 0.4) is 0 Å². The quantitative estimate of drug-likeness (QED) is 0.674. The Morgan fingerprint density at radius 1 is 1.36 bits per heavy atom. The molecule has 0 saturated heterocycles. The summed E-state index contributed by atoms with van der Waals surface area (Å²) in [7, 11) is 0. The van der Waals surface area contributed by atoms with Crippen LogP contribution in [-0.4, -0.2) is 22.0 Å². The van der Waals surface area contributed by atoms with Crippen molar-refractivity contribution >= 4 is 28.1 Å². The van der Waals surface area contributed by atoms with E-state index < -0.39 is 11.4 Å². The smallest absolute Gasteiger partial charge is 0.338 e. The van der Waals surface area contributed by atoms with E-state index in [-0.39, 0.29) is 16.3 Å². The predicted octanol–water partition coefficient (Wildman–Crippen LogP) is 4.02. The summed E-state index contributed by atoms with van der Waals surface area (Å²) in [5.41, 5.74) is 7.60. The first-order chi connectivity index (χ1) is 13.4. The van der Waals surface area contributed by atoms with Crippen LogP contribution in [0.25, 0.3) is 0 Å². The van der Waals surface area contributed by atoms with E-state index in [1.54, 1.807) is 0 Å². The summed E-state index contributed by atoms with van der Waals surface area (Å²) in [4.78, 5) is 25.7. The number of thiophene rings is 1. The normalized spacial score (nSPS) is 18.8. The molecular weight excluding hydrogens is 376 g/mol. The van der Waals surface area contributed by atoms with Crippen LogP contribution in [0.1, 0.15) is 55.5 Å². The van der Waals surface area contributed by atoms with Crippen LogP contribution in [0.15, 0.2) is 40.9 Å². The highest BCUT2D eigenvalue weighted by Gasteiger charge is 2.46. The number of carbonyl (C=O) groups is 2. The topological polar surface area (TPSA) is 106 Å². The molecule has 2 aromatic heterocycles. The highest BCUT2D eigenvalue weighted by atomic mass is 32.1. The monoisotopic (exact) mass is 396 g/mol. The molecule has 1 atom stereocenters. The Morgan fingerprint density at radius 2 is 2.11 bits per heavy atom. The second-order valence-electron chi connectivity index (χ2n) is 7.17. The average Bonchev–Trinajstić information content (AvgIpc) is 3.25.